The maximum atomic E-state index is 12.5. The predicted molar refractivity (Wildman–Crippen MR) is 96.8 cm³/mol. The van der Waals surface area contributed by atoms with Crippen LogP contribution in [0.25, 0.3) is 10.8 Å². The molecule has 0 saturated heterocycles. The summed E-state index contributed by atoms with van der Waals surface area (Å²) in [7, 11) is 0. The molecule has 0 heterocycles. The molecule has 0 bridgehead atoms. The molecule has 1 amide bonds. The maximum absolute atomic E-state index is 12.5. The van der Waals surface area contributed by atoms with Gasteiger partial charge in [-0.2, -0.15) is 5.10 Å². The number of fused-ring (bicyclic) bond motifs is 1. The molecule has 5 heteroatoms. The maximum Gasteiger partial charge on any atom is 0.344 e. The third-order valence-corrected chi connectivity index (χ3v) is 3.54. The van der Waals surface area contributed by atoms with E-state index >= 15 is 0 Å². The van der Waals surface area contributed by atoms with Crippen LogP contribution in [-0.4, -0.2) is 18.1 Å². The van der Waals surface area contributed by atoms with Crippen molar-refractivity contribution in [3.8, 4) is 5.75 Å². The Kier molecular flexibility index (Phi) is 4.85. The second-order valence-corrected chi connectivity index (χ2v) is 5.41. The van der Waals surface area contributed by atoms with Crippen molar-refractivity contribution in [3.63, 3.8) is 0 Å². The Bertz CT molecular complexity index is 941. The van der Waals surface area contributed by atoms with Gasteiger partial charge in [-0.25, -0.2) is 10.2 Å². The van der Waals surface area contributed by atoms with Gasteiger partial charge in [0.2, 0.25) is 5.91 Å². The normalized spacial score (nSPS) is 10.8. The van der Waals surface area contributed by atoms with Crippen molar-refractivity contribution >= 4 is 28.9 Å². The van der Waals surface area contributed by atoms with E-state index in [1.54, 1.807) is 30.3 Å². The third kappa shape index (κ3) is 4.09. The Labute approximate surface area is 144 Å². The smallest absolute Gasteiger partial charge is 0.344 e. The Balaban J connectivity index is 1.74. The summed E-state index contributed by atoms with van der Waals surface area (Å²) in [5.74, 6) is -0.206. The Morgan fingerprint density at radius 2 is 1.68 bits per heavy atom. The van der Waals surface area contributed by atoms with Gasteiger partial charge >= 0.3 is 5.97 Å². The molecule has 0 aliphatic carbocycles. The third-order valence-electron chi connectivity index (χ3n) is 3.54. The molecule has 0 aliphatic rings. The number of ether oxygens (including phenoxy) is 1. The molecule has 0 spiro atoms. The van der Waals surface area contributed by atoms with E-state index in [1.165, 1.54) is 13.1 Å². The first-order valence-corrected chi connectivity index (χ1v) is 7.73. The molecule has 0 unspecified atom stereocenters. The number of carbonyl (C=O) groups excluding carboxylic acids is 2. The van der Waals surface area contributed by atoms with Crippen LogP contribution in [0, 0.1) is 0 Å². The van der Waals surface area contributed by atoms with Crippen LogP contribution in [0.5, 0.6) is 5.75 Å². The molecule has 0 aromatic heterocycles. The summed E-state index contributed by atoms with van der Waals surface area (Å²) in [6, 6.07) is 20.1. The fraction of sp³-hybridized carbons (Fsp3) is 0.0500. The molecule has 0 fully saturated rings. The van der Waals surface area contributed by atoms with Crippen LogP contribution in [0.3, 0.4) is 0 Å². The Morgan fingerprint density at radius 1 is 0.960 bits per heavy atom. The van der Waals surface area contributed by atoms with Crippen LogP contribution >= 0.6 is 0 Å². The topological polar surface area (TPSA) is 67.8 Å². The first kappa shape index (κ1) is 16.4. The van der Waals surface area contributed by atoms with Crippen molar-refractivity contribution in [2.45, 2.75) is 6.92 Å². The van der Waals surface area contributed by atoms with Gasteiger partial charge in [0.15, 0.2) is 0 Å². The zero-order valence-corrected chi connectivity index (χ0v) is 13.6. The van der Waals surface area contributed by atoms with E-state index in [-0.39, 0.29) is 5.91 Å². The summed E-state index contributed by atoms with van der Waals surface area (Å²) < 4.78 is 5.45. The molecule has 0 saturated carbocycles. The first-order chi connectivity index (χ1) is 12.1. The minimum atomic E-state index is -0.406. The highest BCUT2D eigenvalue weighted by Crippen LogP contribution is 2.21. The molecule has 5 nitrogen and oxygen atoms in total. The number of nitrogens with zero attached hydrogens (tertiary/aromatic N) is 1. The molecular formula is C20H16N2O3. The van der Waals surface area contributed by atoms with E-state index in [2.05, 4.69) is 10.5 Å². The summed E-state index contributed by atoms with van der Waals surface area (Å²) in [4.78, 5) is 23.2. The molecule has 1 N–H and O–H groups in total. The minimum absolute atomic E-state index is 0.239. The second kappa shape index (κ2) is 7.40. The number of hydrogen-bond donors (Lipinski definition) is 1. The highest BCUT2D eigenvalue weighted by atomic mass is 16.5. The van der Waals surface area contributed by atoms with Gasteiger partial charge in [0.25, 0.3) is 0 Å². The van der Waals surface area contributed by atoms with Gasteiger partial charge in [0.1, 0.15) is 5.75 Å². The average Bonchev–Trinajstić information content (AvgIpc) is 2.62. The number of carbonyl (C=O) groups is 2. The number of amides is 1. The summed E-state index contributed by atoms with van der Waals surface area (Å²) >= 11 is 0. The molecule has 3 aromatic carbocycles. The zero-order chi connectivity index (χ0) is 17.6. The van der Waals surface area contributed by atoms with Crippen LogP contribution in [0.2, 0.25) is 0 Å². The van der Waals surface area contributed by atoms with Crippen LogP contribution < -0.4 is 10.2 Å². The number of hydrogen-bond acceptors (Lipinski definition) is 4. The lowest BCUT2D eigenvalue weighted by Gasteiger charge is -2.07. The van der Waals surface area contributed by atoms with Crippen LogP contribution in [0.4, 0.5) is 0 Å². The van der Waals surface area contributed by atoms with Gasteiger partial charge in [-0.15, -0.1) is 0 Å². The first-order valence-electron chi connectivity index (χ1n) is 7.73. The molecule has 124 valence electrons. The standard InChI is InChI=1S/C20H16N2O3/c1-14(23)22-21-13-15-9-11-17(12-10-15)25-20(24)19-8-4-6-16-5-2-3-7-18(16)19/h2-13H,1H3,(H,22,23). The fourth-order valence-corrected chi connectivity index (χ4v) is 2.39. The molecule has 0 aliphatic heterocycles. The summed E-state index contributed by atoms with van der Waals surface area (Å²) in [6.07, 6.45) is 1.51. The van der Waals surface area contributed by atoms with Gasteiger partial charge in [-0.3, -0.25) is 4.79 Å². The van der Waals surface area contributed by atoms with Gasteiger partial charge in [-0.05, 0) is 46.7 Å². The van der Waals surface area contributed by atoms with E-state index in [9.17, 15) is 9.59 Å². The largest absolute Gasteiger partial charge is 0.423 e. The average molecular weight is 332 g/mol. The Morgan fingerprint density at radius 3 is 2.44 bits per heavy atom. The van der Waals surface area contributed by atoms with Gasteiger partial charge < -0.3 is 4.74 Å². The highest BCUT2D eigenvalue weighted by molar-refractivity contribution is 6.05. The van der Waals surface area contributed by atoms with Crippen molar-refractivity contribution in [1.82, 2.24) is 5.43 Å². The number of nitrogens with one attached hydrogen (secondary N) is 1. The van der Waals surface area contributed by atoms with E-state index in [4.69, 9.17) is 4.74 Å². The number of benzene rings is 3. The van der Waals surface area contributed by atoms with Crippen molar-refractivity contribution in [3.05, 3.63) is 77.9 Å². The monoisotopic (exact) mass is 332 g/mol. The molecular weight excluding hydrogens is 316 g/mol. The van der Waals surface area contributed by atoms with Crippen LogP contribution in [0.15, 0.2) is 71.8 Å². The summed E-state index contributed by atoms with van der Waals surface area (Å²) in [5.41, 5.74) is 3.62. The molecule has 0 atom stereocenters. The van der Waals surface area contributed by atoms with Crippen molar-refractivity contribution in [1.29, 1.82) is 0 Å². The lowest BCUT2D eigenvalue weighted by molar-refractivity contribution is -0.118. The van der Waals surface area contributed by atoms with Crippen molar-refractivity contribution in [2.24, 2.45) is 5.10 Å². The van der Waals surface area contributed by atoms with Gasteiger partial charge in [0, 0.05) is 6.92 Å². The number of rotatable bonds is 4. The minimum Gasteiger partial charge on any atom is -0.423 e. The van der Waals surface area contributed by atoms with Crippen molar-refractivity contribution < 1.29 is 14.3 Å². The molecule has 0 radical (unpaired) electrons. The number of esters is 1. The highest BCUT2D eigenvalue weighted by Gasteiger charge is 2.12. The van der Waals surface area contributed by atoms with Gasteiger partial charge in [-0.1, -0.05) is 36.4 Å². The second-order valence-electron chi connectivity index (χ2n) is 5.41. The van der Waals surface area contributed by atoms with E-state index in [0.29, 0.717) is 11.3 Å². The molecule has 3 aromatic rings. The number of hydrazone groups is 1. The SMILES string of the molecule is CC(=O)NN=Cc1ccc(OC(=O)c2cccc3ccccc23)cc1. The molecule has 25 heavy (non-hydrogen) atoms. The fourth-order valence-electron chi connectivity index (χ4n) is 2.39. The van der Waals surface area contributed by atoms with Crippen molar-refractivity contribution in [2.75, 3.05) is 0 Å². The summed E-state index contributed by atoms with van der Waals surface area (Å²) in [6.45, 7) is 1.38. The van der Waals surface area contributed by atoms with E-state index < -0.39 is 5.97 Å². The van der Waals surface area contributed by atoms with Gasteiger partial charge in [0.05, 0.1) is 11.8 Å². The Hall–Kier alpha value is -3.47. The van der Waals surface area contributed by atoms with E-state index in [1.807, 2.05) is 36.4 Å². The predicted octanol–water partition coefficient (Wildman–Crippen LogP) is 3.53. The van der Waals surface area contributed by atoms with Crippen LogP contribution in [-0.2, 0) is 4.79 Å². The lowest BCUT2D eigenvalue weighted by Crippen LogP contribution is -2.12. The summed E-state index contributed by atoms with van der Waals surface area (Å²) in [5, 5.41) is 5.62. The molecule has 3 rings (SSSR count). The zero-order valence-electron chi connectivity index (χ0n) is 13.6. The van der Waals surface area contributed by atoms with Crippen LogP contribution in [0.1, 0.15) is 22.8 Å². The quantitative estimate of drug-likeness (QED) is 0.344. The lowest BCUT2D eigenvalue weighted by atomic mass is 10.0. The van der Waals surface area contributed by atoms with E-state index in [0.717, 1.165) is 16.3 Å².